The first-order chi connectivity index (χ1) is 15.8. The van der Waals surface area contributed by atoms with E-state index < -0.39 is 15.9 Å². The zero-order valence-electron chi connectivity index (χ0n) is 18.4. The van der Waals surface area contributed by atoms with Crippen LogP contribution >= 0.6 is 11.6 Å². The van der Waals surface area contributed by atoms with Crippen molar-refractivity contribution in [1.29, 1.82) is 0 Å². The van der Waals surface area contributed by atoms with Crippen LogP contribution in [0.2, 0.25) is 5.02 Å². The molecule has 1 aliphatic carbocycles. The van der Waals surface area contributed by atoms with E-state index in [1.165, 1.54) is 43.9 Å². The Bertz CT molecular complexity index is 1080. The Morgan fingerprint density at radius 2 is 1.67 bits per heavy atom. The molecule has 0 bridgehead atoms. The number of anilines is 2. The maximum atomic E-state index is 12.9. The predicted molar refractivity (Wildman–Crippen MR) is 128 cm³/mol. The molecule has 1 fully saturated rings. The summed E-state index contributed by atoms with van der Waals surface area (Å²) in [7, 11) is -2.65. The van der Waals surface area contributed by atoms with Gasteiger partial charge < -0.3 is 15.4 Å². The standard InChI is InChI=1S/C23H28ClN3O5S/c1-32-20-12-11-19(14-21(20)33(30,31)27-18-9-7-17(24)8-10-18)26-23(29)15-25-22(28)13-16-5-3-2-4-6-16/h7-12,14,16,27H,2-6,13,15H2,1H3,(H,25,28)(H,26,29). The van der Waals surface area contributed by atoms with Gasteiger partial charge in [-0.1, -0.05) is 30.9 Å². The number of sulfonamides is 1. The highest BCUT2D eigenvalue weighted by molar-refractivity contribution is 7.92. The van der Waals surface area contributed by atoms with Crippen LogP contribution in [0.1, 0.15) is 38.5 Å². The molecule has 10 heteroatoms. The molecule has 0 atom stereocenters. The molecule has 0 unspecified atom stereocenters. The average Bonchev–Trinajstić information content (AvgIpc) is 2.80. The Hall–Kier alpha value is -2.78. The third kappa shape index (κ3) is 7.36. The topological polar surface area (TPSA) is 114 Å². The minimum Gasteiger partial charge on any atom is -0.495 e. The van der Waals surface area contributed by atoms with E-state index >= 15 is 0 Å². The molecule has 0 aromatic heterocycles. The first-order valence-electron chi connectivity index (χ1n) is 10.8. The maximum Gasteiger partial charge on any atom is 0.265 e. The van der Waals surface area contributed by atoms with Gasteiger partial charge in [-0.05, 0) is 61.2 Å². The van der Waals surface area contributed by atoms with Gasteiger partial charge in [0.05, 0.1) is 13.7 Å². The van der Waals surface area contributed by atoms with Crippen LogP contribution in [0.3, 0.4) is 0 Å². The fourth-order valence-corrected chi connectivity index (χ4v) is 5.18. The lowest BCUT2D eigenvalue weighted by Crippen LogP contribution is -2.34. The quantitative estimate of drug-likeness (QED) is 0.485. The van der Waals surface area contributed by atoms with E-state index in [0.29, 0.717) is 23.0 Å². The van der Waals surface area contributed by atoms with Crippen molar-refractivity contribution in [3.63, 3.8) is 0 Å². The van der Waals surface area contributed by atoms with Crippen molar-refractivity contribution in [2.45, 2.75) is 43.4 Å². The number of carbonyl (C=O) groups excluding carboxylic acids is 2. The Morgan fingerprint density at radius 3 is 2.33 bits per heavy atom. The van der Waals surface area contributed by atoms with Gasteiger partial charge in [0, 0.05) is 22.8 Å². The third-order valence-corrected chi connectivity index (χ3v) is 7.13. The molecule has 178 valence electrons. The zero-order chi connectivity index (χ0) is 23.8. The summed E-state index contributed by atoms with van der Waals surface area (Å²) in [5.41, 5.74) is 0.593. The lowest BCUT2D eigenvalue weighted by molar-refractivity contribution is -0.125. The Balaban J connectivity index is 1.62. The molecule has 0 saturated heterocycles. The zero-order valence-corrected chi connectivity index (χ0v) is 20.0. The summed E-state index contributed by atoms with van der Waals surface area (Å²) in [4.78, 5) is 24.3. The number of halogens is 1. The van der Waals surface area contributed by atoms with Crippen molar-refractivity contribution in [3.8, 4) is 5.75 Å². The van der Waals surface area contributed by atoms with Crippen LogP contribution in [-0.4, -0.2) is 33.9 Å². The number of carbonyl (C=O) groups is 2. The van der Waals surface area contributed by atoms with E-state index in [0.717, 1.165) is 25.7 Å². The monoisotopic (exact) mass is 493 g/mol. The second-order valence-corrected chi connectivity index (χ2v) is 10.1. The molecule has 2 aromatic rings. The number of ether oxygens (including phenoxy) is 1. The first kappa shape index (κ1) is 24.9. The molecule has 0 spiro atoms. The molecule has 3 N–H and O–H groups in total. The molecule has 3 rings (SSSR count). The van der Waals surface area contributed by atoms with Gasteiger partial charge in [-0.15, -0.1) is 0 Å². The Kier molecular flexibility index (Phi) is 8.57. The number of benzene rings is 2. The van der Waals surface area contributed by atoms with E-state index in [1.54, 1.807) is 12.1 Å². The van der Waals surface area contributed by atoms with Gasteiger partial charge in [-0.3, -0.25) is 14.3 Å². The van der Waals surface area contributed by atoms with E-state index in [-0.39, 0.29) is 28.8 Å². The molecule has 8 nitrogen and oxygen atoms in total. The molecule has 1 aliphatic rings. The smallest absolute Gasteiger partial charge is 0.265 e. The number of methoxy groups -OCH3 is 1. The summed E-state index contributed by atoms with van der Waals surface area (Å²) >= 11 is 5.85. The molecule has 0 heterocycles. The lowest BCUT2D eigenvalue weighted by atomic mass is 9.87. The highest BCUT2D eigenvalue weighted by atomic mass is 35.5. The minimum absolute atomic E-state index is 0.121. The van der Waals surface area contributed by atoms with Crippen molar-refractivity contribution in [2.24, 2.45) is 5.92 Å². The maximum absolute atomic E-state index is 12.9. The van der Waals surface area contributed by atoms with Gasteiger partial charge >= 0.3 is 0 Å². The number of amides is 2. The van der Waals surface area contributed by atoms with Crippen LogP contribution in [0.4, 0.5) is 11.4 Å². The fourth-order valence-electron chi connectivity index (χ4n) is 3.80. The van der Waals surface area contributed by atoms with Crippen molar-refractivity contribution in [3.05, 3.63) is 47.5 Å². The summed E-state index contributed by atoms with van der Waals surface area (Å²) in [5, 5.41) is 5.73. The molecular weight excluding hydrogens is 466 g/mol. The summed E-state index contributed by atoms with van der Waals surface area (Å²) in [6, 6.07) is 10.5. The van der Waals surface area contributed by atoms with Crippen molar-refractivity contribution >= 4 is 44.8 Å². The highest BCUT2D eigenvalue weighted by Gasteiger charge is 2.21. The van der Waals surface area contributed by atoms with E-state index in [9.17, 15) is 18.0 Å². The molecule has 2 aromatic carbocycles. The normalized spacial score (nSPS) is 14.4. The number of hydrogen-bond donors (Lipinski definition) is 3. The first-order valence-corrected chi connectivity index (χ1v) is 12.7. The van der Waals surface area contributed by atoms with Crippen molar-refractivity contribution in [2.75, 3.05) is 23.7 Å². The van der Waals surface area contributed by atoms with E-state index in [2.05, 4.69) is 15.4 Å². The largest absolute Gasteiger partial charge is 0.495 e. The highest BCUT2D eigenvalue weighted by Crippen LogP contribution is 2.29. The van der Waals surface area contributed by atoms with Crippen LogP contribution in [0.5, 0.6) is 5.75 Å². The van der Waals surface area contributed by atoms with Crippen LogP contribution < -0.4 is 20.1 Å². The lowest BCUT2D eigenvalue weighted by Gasteiger charge is -2.20. The van der Waals surface area contributed by atoms with Gasteiger partial charge in [0.1, 0.15) is 10.6 Å². The van der Waals surface area contributed by atoms with Gasteiger partial charge in [0.25, 0.3) is 10.0 Å². The Labute approximate surface area is 199 Å². The Morgan fingerprint density at radius 1 is 1.00 bits per heavy atom. The van der Waals surface area contributed by atoms with Crippen LogP contribution in [0, 0.1) is 5.92 Å². The predicted octanol–water partition coefficient (Wildman–Crippen LogP) is 4.17. The van der Waals surface area contributed by atoms with E-state index in [4.69, 9.17) is 16.3 Å². The molecule has 2 amide bonds. The molecule has 33 heavy (non-hydrogen) atoms. The van der Waals surface area contributed by atoms with Gasteiger partial charge in [-0.2, -0.15) is 0 Å². The van der Waals surface area contributed by atoms with Crippen LogP contribution in [0.15, 0.2) is 47.4 Å². The van der Waals surface area contributed by atoms with Gasteiger partial charge in [-0.25, -0.2) is 8.42 Å². The second kappa shape index (κ2) is 11.4. The van der Waals surface area contributed by atoms with Crippen molar-refractivity contribution in [1.82, 2.24) is 5.32 Å². The van der Waals surface area contributed by atoms with Crippen LogP contribution in [0.25, 0.3) is 0 Å². The van der Waals surface area contributed by atoms with Gasteiger partial charge in [0.15, 0.2) is 0 Å². The van der Waals surface area contributed by atoms with E-state index in [1.807, 2.05) is 0 Å². The third-order valence-electron chi connectivity index (χ3n) is 5.48. The molecular formula is C23H28ClN3O5S. The molecule has 0 radical (unpaired) electrons. The fraction of sp³-hybridized carbons (Fsp3) is 0.391. The van der Waals surface area contributed by atoms with Crippen LogP contribution in [-0.2, 0) is 19.6 Å². The van der Waals surface area contributed by atoms with Crippen molar-refractivity contribution < 1.29 is 22.7 Å². The molecule has 0 aliphatic heterocycles. The number of hydrogen-bond acceptors (Lipinski definition) is 5. The average molecular weight is 494 g/mol. The SMILES string of the molecule is COc1ccc(NC(=O)CNC(=O)CC2CCCCC2)cc1S(=O)(=O)Nc1ccc(Cl)cc1. The van der Waals surface area contributed by atoms with Gasteiger partial charge in [0.2, 0.25) is 11.8 Å². The minimum atomic E-state index is -4.01. The summed E-state index contributed by atoms with van der Waals surface area (Å²) in [6.45, 7) is -0.192. The summed E-state index contributed by atoms with van der Waals surface area (Å²) in [6.07, 6.45) is 6.03. The summed E-state index contributed by atoms with van der Waals surface area (Å²) in [5.74, 6) is -0.104. The molecule has 1 saturated carbocycles. The second-order valence-electron chi connectivity index (χ2n) is 8.01. The summed E-state index contributed by atoms with van der Waals surface area (Å²) < 4.78 is 33.5. The number of nitrogens with one attached hydrogen (secondary N) is 3. The number of rotatable bonds is 9.